The maximum Gasteiger partial charge on any atom is 0.128 e. The molecule has 1 aromatic carbocycles. The van der Waals surface area contributed by atoms with Crippen LogP contribution in [0, 0.1) is 11.3 Å². The van der Waals surface area contributed by atoms with E-state index in [1.54, 1.807) is 20.3 Å². The lowest BCUT2D eigenvalue weighted by Crippen LogP contribution is -2.27. The molecule has 0 amide bonds. The number of hydrogen-bond donors (Lipinski definition) is 1. The summed E-state index contributed by atoms with van der Waals surface area (Å²) in [5, 5.41) is 12.4. The van der Waals surface area contributed by atoms with Gasteiger partial charge in [-0.1, -0.05) is 0 Å². The molecule has 0 spiro atoms. The lowest BCUT2D eigenvalue weighted by molar-refractivity contribution is 0.387. The van der Waals surface area contributed by atoms with Crippen molar-refractivity contribution in [3.05, 3.63) is 23.8 Å². The van der Waals surface area contributed by atoms with Gasteiger partial charge in [-0.15, -0.1) is 0 Å². The molecule has 0 heterocycles. The zero-order valence-corrected chi connectivity index (χ0v) is 10.7. The van der Waals surface area contributed by atoms with Gasteiger partial charge in [0.1, 0.15) is 17.5 Å². The minimum atomic E-state index is -0.379. The Balaban J connectivity index is 3.07. The van der Waals surface area contributed by atoms with Gasteiger partial charge in [-0.05, 0) is 26.0 Å². The Kier molecular flexibility index (Phi) is 4.80. The van der Waals surface area contributed by atoms with Crippen LogP contribution in [0.4, 0.5) is 0 Å². The van der Waals surface area contributed by atoms with Crippen molar-refractivity contribution < 1.29 is 9.47 Å². The number of nitrogens with zero attached hydrogens (tertiary/aromatic N) is 1. The van der Waals surface area contributed by atoms with E-state index in [1.165, 1.54) is 0 Å². The summed E-state index contributed by atoms with van der Waals surface area (Å²) < 4.78 is 10.4. The molecule has 1 atom stereocenters. The summed E-state index contributed by atoms with van der Waals surface area (Å²) in [7, 11) is 3.19. The summed E-state index contributed by atoms with van der Waals surface area (Å²) in [6.45, 7) is 4.00. The molecule has 4 nitrogen and oxygen atoms in total. The second-order valence-electron chi connectivity index (χ2n) is 3.99. The lowest BCUT2D eigenvalue weighted by atomic mass is 10.1. The van der Waals surface area contributed by atoms with Crippen molar-refractivity contribution in [1.29, 1.82) is 5.26 Å². The number of hydrogen-bond acceptors (Lipinski definition) is 4. The maximum atomic E-state index is 9.18. The van der Waals surface area contributed by atoms with Crippen LogP contribution in [-0.2, 0) is 0 Å². The molecule has 17 heavy (non-hydrogen) atoms. The monoisotopic (exact) mass is 234 g/mol. The first-order chi connectivity index (χ1) is 8.12. The molecule has 1 aromatic rings. The van der Waals surface area contributed by atoms with Crippen LogP contribution in [0.3, 0.4) is 0 Å². The normalized spacial score (nSPS) is 12.0. The molecule has 0 aliphatic heterocycles. The number of nitrogens with one attached hydrogen (secondary N) is 1. The van der Waals surface area contributed by atoms with E-state index in [-0.39, 0.29) is 12.1 Å². The fourth-order valence-electron chi connectivity index (χ4n) is 1.59. The summed E-state index contributed by atoms with van der Waals surface area (Å²) in [6, 6.07) is 7.53. The Bertz CT molecular complexity index is 410. The highest BCUT2D eigenvalue weighted by molar-refractivity contribution is 5.44. The van der Waals surface area contributed by atoms with Crippen LogP contribution in [0.25, 0.3) is 0 Å². The zero-order chi connectivity index (χ0) is 12.8. The molecule has 0 saturated carbocycles. The predicted octanol–water partition coefficient (Wildman–Crippen LogP) is 2.27. The van der Waals surface area contributed by atoms with Crippen molar-refractivity contribution in [2.24, 2.45) is 0 Å². The van der Waals surface area contributed by atoms with Crippen LogP contribution >= 0.6 is 0 Å². The first kappa shape index (κ1) is 13.3. The van der Waals surface area contributed by atoms with E-state index < -0.39 is 0 Å². The van der Waals surface area contributed by atoms with E-state index in [0.717, 1.165) is 5.56 Å². The zero-order valence-electron chi connectivity index (χ0n) is 10.7. The molecule has 0 fully saturated rings. The standard InChI is InChI=1S/C13H18N2O2/c1-9(2)15-12(8-14)11-6-5-10(16-3)7-13(11)17-4/h5-7,9,12,15H,1-4H3. The fraction of sp³-hybridized carbons (Fsp3) is 0.462. The van der Waals surface area contributed by atoms with Gasteiger partial charge in [-0.2, -0.15) is 5.26 Å². The van der Waals surface area contributed by atoms with Crippen molar-refractivity contribution >= 4 is 0 Å². The molecule has 0 aromatic heterocycles. The minimum absolute atomic E-state index is 0.228. The molecule has 1 N–H and O–H groups in total. The van der Waals surface area contributed by atoms with Crippen LogP contribution in [0.2, 0.25) is 0 Å². The van der Waals surface area contributed by atoms with Crippen molar-refractivity contribution in [3.8, 4) is 17.6 Å². The van der Waals surface area contributed by atoms with E-state index in [9.17, 15) is 5.26 Å². The molecule has 0 saturated heterocycles. The van der Waals surface area contributed by atoms with E-state index >= 15 is 0 Å². The number of benzene rings is 1. The summed E-state index contributed by atoms with van der Waals surface area (Å²) in [6.07, 6.45) is 0. The van der Waals surface area contributed by atoms with E-state index in [1.807, 2.05) is 26.0 Å². The molecule has 0 aliphatic carbocycles. The summed E-state index contributed by atoms with van der Waals surface area (Å²) in [5.74, 6) is 1.37. The second kappa shape index (κ2) is 6.12. The average Bonchev–Trinajstić information content (AvgIpc) is 2.35. The molecule has 0 bridgehead atoms. The SMILES string of the molecule is COc1ccc(C(C#N)NC(C)C)c(OC)c1. The van der Waals surface area contributed by atoms with Gasteiger partial charge in [0.05, 0.1) is 20.3 Å². The van der Waals surface area contributed by atoms with Crippen LogP contribution in [0.5, 0.6) is 11.5 Å². The highest BCUT2D eigenvalue weighted by Crippen LogP contribution is 2.29. The molecule has 0 aliphatic rings. The molecule has 92 valence electrons. The number of methoxy groups -OCH3 is 2. The topological polar surface area (TPSA) is 54.3 Å². The predicted molar refractivity (Wildman–Crippen MR) is 66.2 cm³/mol. The maximum absolute atomic E-state index is 9.18. The van der Waals surface area contributed by atoms with Gasteiger partial charge >= 0.3 is 0 Å². The average molecular weight is 234 g/mol. The van der Waals surface area contributed by atoms with E-state index in [4.69, 9.17) is 9.47 Å². The number of ether oxygens (including phenoxy) is 2. The quantitative estimate of drug-likeness (QED) is 0.849. The van der Waals surface area contributed by atoms with Crippen LogP contribution < -0.4 is 14.8 Å². The van der Waals surface area contributed by atoms with Crippen molar-refractivity contribution in [2.45, 2.75) is 25.9 Å². The van der Waals surface area contributed by atoms with Gasteiger partial charge in [0.25, 0.3) is 0 Å². The third-order valence-electron chi connectivity index (χ3n) is 2.38. The molecule has 1 unspecified atom stereocenters. The molecule has 4 heteroatoms. The smallest absolute Gasteiger partial charge is 0.128 e. The third-order valence-corrected chi connectivity index (χ3v) is 2.38. The first-order valence-corrected chi connectivity index (χ1v) is 5.50. The largest absolute Gasteiger partial charge is 0.497 e. The highest BCUT2D eigenvalue weighted by atomic mass is 16.5. The summed E-state index contributed by atoms with van der Waals surface area (Å²) in [4.78, 5) is 0. The Morgan fingerprint density at radius 2 is 1.94 bits per heavy atom. The fourth-order valence-corrected chi connectivity index (χ4v) is 1.59. The van der Waals surface area contributed by atoms with Gasteiger partial charge in [0.2, 0.25) is 0 Å². The lowest BCUT2D eigenvalue weighted by Gasteiger charge is -2.18. The van der Waals surface area contributed by atoms with Crippen molar-refractivity contribution in [2.75, 3.05) is 14.2 Å². The Morgan fingerprint density at radius 1 is 1.24 bits per heavy atom. The van der Waals surface area contributed by atoms with Gasteiger partial charge in [-0.3, -0.25) is 5.32 Å². The van der Waals surface area contributed by atoms with Gasteiger partial charge in [0, 0.05) is 17.7 Å². The van der Waals surface area contributed by atoms with Gasteiger partial charge < -0.3 is 9.47 Å². The van der Waals surface area contributed by atoms with E-state index in [0.29, 0.717) is 11.5 Å². The second-order valence-corrected chi connectivity index (χ2v) is 3.99. The van der Waals surface area contributed by atoms with E-state index in [2.05, 4.69) is 11.4 Å². The Morgan fingerprint density at radius 3 is 2.41 bits per heavy atom. The number of nitriles is 1. The molecular weight excluding hydrogens is 216 g/mol. The first-order valence-electron chi connectivity index (χ1n) is 5.50. The van der Waals surface area contributed by atoms with Crippen LogP contribution in [-0.4, -0.2) is 20.3 Å². The highest BCUT2D eigenvalue weighted by Gasteiger charge is 2.16. The van der Waals surface area contributed by atoms with Crippen LogP contribution in [0.15, 0.2) is 18.2 Å². The molecular formula is C13H18N2O2. The summed E-state index contributed by atoms with van der Waals surface area (Å²) >= 11 is 0. The van der Waals surface area contributed by atoms with Crippen molar-refractivity contribution in [1.82, 2.24) is 5.32 Å². The Labute approximate surface area is 102 Å². The summed E-state index contributed by atoms with van der Waals surface area (Å²) in [5.41, 5.74) is 0.824. The van der Waals surface area contributed by atoms with Crippen molar-refractivity contribution in [3.63, 3.8) is 0 Å². The van der Waals surface area contributed by atoms with Gasteiger partial charge in [0.15, 0.2) is 0 Å². The third kappa shape index (κ3) is 3.36. The number of rotatable bonds is 5. The molecule has 1 rings (SSSR count). The van der Waals surface area contributed by atoms with Crippen LogP contribution in [0.1, 0.15) is 25.5 Å². The Hall–Kier alpha value is -1.73. The van der Waals surface area contributed by atoms with Gasteiger partial charge in [-0.25, -0.2) is 0 Å². The molecule has 0 radical (unpaired) electrons. The minimum Gasteiger partial charge on any atom is -0.497 e.